The fourth-order valence-electron chi connectivity index (χ4n) is 3.88. The molecule has 1 atom stereocenters. The Kier molecular flexibility index (Phi) is 4.61. The highest BCUT2D eigenvalue weighted by atomic mass is 19.4. The largest absolute Gasteiger partial charge is 0.416 e. The highest BCUT2D eigenvalue weighted by Gasteiger charge is 2.37. The number of hydrogen-bond donors (Lipinski definition) is 1. The summed E-state index contributed by atoms with van der Waals surface area (Å²) in [5.41, 5.74) is 2.56. The second kappa shape index (κ2) is 6.96. The highest BCUT2D eigenvalue weighted by Crippen LogP contribution is 2.34. The quantitative estimate of drug-likeness (QED) is 0.857. The molecule has 0 spiro atoms. The minimum atomic E-state index is -4.48. The van der Waals surface area contributed by atoms with Gasteiger partial charge in [0.1, 0.15) is 0 Å². The van der Waals surface area contributed by atoms with E-state index in [1.807, 2.05) is 18.2 Å². The Morgan fingerprint density at radius 1 is 1.07 bits per heavy atom. The number of aryl methyl sites for hydroxylation is 2. The number of fused-ring (bicyclic) bond motifs is 1. The van der Waals surface area contributed by atoms with E-state index in [1.165, 1.54) is 28.2 Å². The summed E-state index contributed by atoms with van der Waals surface area (Å²) in [6.45, 7) is 0.0664. The van der Waals surface area contributed by atoms with Gasteiger partial charge in [0.05, 0.1) is 11.5 Å². The number of nitrogens with zero attached hydrogens (tertiary/aromatic N) is 1. The first kappa shape index (κ1) is 18.5. The van der Waals surface area contributed by atoms with E-state index in [0.717, 1.165) is 31.4 Å². The molecule has 1 saturated heterocycles. The third-order valence-electron chi connectivity index (χ3n) is 5.35. The molecule has 2 aromatic carbocycles. The van der Waals surface area contributed by atoms with Crippen molar-refractivity contribution >= 4 is 23.2 Å². The molecule has 1 fully saturated rings. The lowest BCUT2D eigenvalue weighted by molar-refractivity contribution is -0.137. The fourth-order valence-corrected chi connectivity index (χ4v) is 3.88. The monoisotopic (exact) mass is 388 g/mol. The van der Waals surface area contributed by atoms with E-state index in [-0.39, 0.29) is 30.5 Å². The molecular formula is C21H19F3N2O2. The molecule has 2 aliphatic rings. The van der Waals surface area contributed by atoms with Crippen molar-refractivity contribution in [2.45, 2.75) is 31.9 Å². The summed E-state index contributed by atoms with van der Waals surface area (Å²) in [6.07, 6.45) is -1.36. The van der Waals surface area contributed by atoms with Crippen molar-refractivity contribution in [3.8, 4) is 0 Å². The van der Waals surface area contributed by atoms with Gasteiger partial charge in [-0.15, -0.1) is 0 Å². The van der Waals surface area contributed by atoms with Crippen LogP contribution >= 0.6 is 0 Å². The number of hydrogen-bond acceptors (Lipinski definition) is 2. The summed E-state index contributed by atoms with van der Waals surface area (Å²) < 4.78 is 38.8. The topological polar surface area (TPSA) is 49.4 Å². The summed E-state index contributed by atoms with van der Waals surface area (Å²) in [6, 6.07) is 10.4. The number of halogens is 3. The average Bonchev–Trinajstić information content (AvgIpc) is 3.27. The Morgan fingerprint density at radius 3 is 2.64 bits per heavy atom. The maximum absolute atomic E-state index is 12.9. The Balaban J connectivity index is 1.46. The van der Waals surface area contributed by atoms with Crippen LogP contribution in [0.2, 0.25) is 0 Å². The van der Waals surface area contributed by atoms with Gasteiger partial charge in [-0.05, 0) is 60.7 Å². The Bertz CT molecular complexity index is 939. The van der Waals surface area contributed by atoms with Gasteiger partial charge in [-0.3, -0.25) is 9.59 Å². The molecule has 1 aliphatic heterocycles. The maximum atomic E-state index is 12.9. The minimum absolute atomic E-state index is 0.0208. The van der Waals surface area contributed by atoms with E-state index < -0.39 is 17.7 Å². The highest BCUT2D eigenvalue weighted by molar-refractivity contribution is 6.03. The lowest BCUT2D eigenvalue weighted by atomic mass is 10.1. The van der Waals surface area contributed by atoms with E-state index in [1.54, 1.807) is 0 Å². The zero-order valence-electron chi connectivity index (χ0n) is 15.1. The Labute approximate surface area is 160 Å². The van der Waals surface area contributed by atoms with Gasteiger partial charge in [0.25, 0.3) is 0 Å². The molecule has 4 rings (SSSR count). The van der Waals surface area contributed by atoms with E-state index >= 15 is 0 Å². The van der Waals surface area contributed by atoms with Crippen molar-refractivity contribution in [1.29, 1.82) is 0 Å². The first-order chi connectivity index (χ1) is 13.3. The van der Waals surface area contributed by atoms with Gasteiger partial charge in [0, 0.05) is 24.3 Å². The van der Waals surface area contributed by atoms with Crippen molar-refractivity contribution < 1.29 is 22.8 Å². The van der Waals surface area contributed by atoms with E-state index in [0.29, 0.717) is 5.69 Å². The van der Waals surface area contributed by atoms with Crippen molar-refractivity contribution in [2.24, 2.45) is 5.92 Å². The van der Waals surface area contributed by atoms with Crippen LogP contribution in [-0.4, -0.2) is 18.4 Å². The maximum Gasteiger partial charge on any atom is 0.416 e. The number of alkyl halides is 3. The van der Waals surface area contributed by atoms with Crippen molar-refractivity contribution in [3.05, 3.63) is 59.2 Å². The van der Waals surface area contributed by atoms with Gasteiger partial charge in [-0.25, -0.2) is 0 Å². The lowest BCUT2D eigenvalue weighted by Crippen LogP contribution is -2.28. The van der Waals surface area contributed by atoms with Crippen LogP contribution in [0.15, 0.2) is 42.5 Å². The lowest BCUT2D eigenvalue weighted by Gasteiger charge is -2.18. The summed E-state index contributed by atoms with van der Waals surface area (Å²) in [7, 11) is 0. The number of rotatable bonds is 3. The van der Waals surface area contributed by atoms with Gasteiger partial charge >= 0.3 is 6.18 Å². The number of carbonyl (C=O) groups is 2. The van der Waals surface area contributed by atoms with Crippen LogP contribution < -0.4 is 10.2 Å². The molecule has 4 nitrogen and oxygen atoms in total. The van der Waals surface area contributed by atoms with Gasteiger partial charge in [-0.1, -0.05) is 12.1 Å². The van der Waals surface area contributed by atoms with Crippen molar-refractivity contribution in [3.63, 3.8) is 0 Å². The van der Waals surface area contributed by atoms with Crippen LogP contribution in [0.5, 0.6) is 0 Å². The van der Waals surface area contributed by atoms with Crippen molar-refractivity contribution in [1.82, 2.24) is 0 Å². The first-order valence-electron chi connectivity index (χ1n) is 9.21. The Hall–Kier alpha value is -2.83. The molecular weight excluding hydrogens is 369 g/mol. The summed E-state index contributed by atoms with van der Waals surface area (Å²) in [4.78, 5) is 26.2. The number of anilines is 2. The molecule has 146 valence electrons. The molecule has 0 saturated carbocycles. The molecule has 1 heterocycles. The minimum Gasteiger partial charge on any atom is -0.326 e. The molecule has 7 heteroatoms. The van der Waals surface area contributed by atoms with Crippen LogP contribution in [0.1, 0.15) is 29.5 Å². The summed E-state index contributed by atoms with van der Waals surface area (Å²) >= 11 is 0. The molecule has 28 heavy (non-hydrogen) atoms. The summed E-state index contributed by atoms with van der Waals surface area (Å²) in [5, 5.41) is 2.84. The van der Waals surface area contributed by atoms with E-state index in [9.17, 15) is 22.8 Å². The number of benzene rings is 2. The molecule has 0 bridgehead atoms. The third kappa shape index (κ3) is 3.61. The zero-order valence-corrected chi connectivity index (χ0v) is 15.1. The molecule has 0 unspecified atom stereocenters. The van der Waals surface area contributed by atoms with Gasteiger partial charge in [0.15, 0.2) is 0 Å². The first-order valence-corrected chi connectivity index (χ1v) is 9.21. The van der Waals surface area contributed by atoms with Crippen LogP contribution in [-0.2, 0) is 28.6 Å². The second-order valence-corrected chi connectivity index (χ2v) is 7.28. The van der Waals surface area contributed by atoms with Gasteiger partial charge in [0.2, 0.25) is 11.8 Å². The van der Waals surface area contributed by atoms with Gasteiger partial charge < -0.3 is 10.2 Å². The van der Waals surface area contributed by atoms with E-state index in [2.05, 4.69) is 5.32 Å². The molecule has 0 aromatic heterocycles. The molecule has 2 amide bonds. The fraction of sp³-hybridized carbons (Fsp3) is 0.333. The summed E-state index contributed by atoms with van der Waals surface area (Å²) in [5.74, 6) is -1.25. The predicted molar refractivity (Wildman–Crippen MR) is 99.0 cm³/mol. The number of nitrogens with one attached hydrogen (secondary N) is 1. The van der Waals surface area contributed by atoms with E-state index in [4.69, 9.17) is 0 Å². The van der Waals surface area contributed by atoms with Crippen molar-refractivity contribution in [2.75, 3.05) is 16.8 Å². The average molecular weight is 388 g/mol. The molecule has 1 N–H and O–H groups in total. The Morgan fingerprint density at radius 2 is 1.86 bits per heavy atom. The van der Waals surface area contributed by atoms with Crippen LogP contribution in [0.3, 0.4) is 0 Å². The number of carbonyl (C=O) groups excluding carboxylic acids is 2. The molecule has 2 aromatic rings. The normalized spacial score (nSPS) is 19.0. The molecule has 0 radical (unpaired) electrons. The van der Waals surface area contributed by atoms with Crippen LogP contribution in [0.25, 0.3) is 0 Å². The standard InChI is InChI=1S/C21H19F3N2O2/c22-21(23,24)16-5-2-6-18(11-16)26-12-15(10-19(26)27)20(28)25-17-8-7-13-3-1-4-14(13)9-17/h2,5-9,11,15H,1,3-4,10,12H2,(H,25,28)/t15-/m1/s1. The molecule has 1 aliphatic carbocycles. The second-order valence-electron chi connectivity index (χ2n) is 7.28. The predicted octanol–water partition coefficient (Wildman–Crippen LogP) is 4.19. The smallest absolute Gasteiger partial charge is 0.326 e. The van der Waals surface area contributed by atoms with Crippen LogP contribution in [0, 0.1) is 5.92 Å². The number of amides is 2. The van der Waals surface area contributed by atoms with Gasteiger partial charge in [-0.2, -0.15) is 13.2 Å². The third-order valence-corrected chi connectivity index (χ3v) is 5.35. The zero-order chi connectivity index (χ0) is 19.9. The SMILES string of the molecule is O=C(Nc1ccc2c(c1)CCC2)[C@@H]1CC(=O)N(c2cccc(C(F)(F)F)c2)C1. The van der Waals surface area contributed by atoms with Crippen LogP contribution in [0.4, 0.5) is 24.5 Å².